The van der Waals surface area contributed by atoms with E-state index in [1.165, 1.54) is 12.1 Å². The van der Waals surface area contributed by atoms with Crippen molar-refractivity contribution in [1.82, 2.24) is 13.3 Å². The lowest BCUT2D eigenvalue weighted by molar-refractivity contribution is -0.119. The summed E-state index contributed by atoms with van der Waals surface area (Å²) < 4.78 is 38.3. The van der Waals surface area contributed by atoms with E-state index in [1.807, 2.05) is 11.5 Å². The molecule has 0 aliphatic heterocycles. The highest BCUT2D eigenvalue weighted by molar-refractivity contribution is 7.89. The molecular formula is C22H21N5O5S2. The van der Waals surface area contributed by atoms with Gasteiger partial charge in [0.1, 0.15) is 11.0 Å². The van der Waals surface area contributed by atoms with Gasteiger partial charge < -0.3 is 14.6 Å². The Kier molecular flexibility index (Phi) is 6.46. The number of carbonyl (C=O) groups is 2. The lowest BCUT2D eigenvalue weighted by atomic mass is 10.2. The molecule has 2 aromatic carbocycles. The summed E-state index contributed by atoms with van der Waals surface area (Å²) in [4.78, 5) is 25.0. The Morgan fingerprint density at radius 2 is 1.85 bits per heavy atom. The molecule has 0 aliphatic carbocycles. The van der Waals surface area contributed by atoms with Gasteiger partial charge in [-0.2, -0.15) is 8.75 Å². The first-order valence-corrected chi connectivity index (χ1v) is 12.4. The minimum atomic E-state index is -3.76. The maximum Gasteiger partial charge on any atom is 0.340 e. The predicted octanol–water partition coefficient (Wildman–Crippen LogP) is 2.60. The number of nitrogens with zero attached hydrogens (tertiary/aromatic N) is 3. The van der Waals surface area contributed by atoms with E-state index in [2.05, 4.69) is 14.1 Å². The van der Waals surface area contributed by atoms with E-state index in [4.69, 9.17) is 9.88 Å². The van der Waals surface area contributed by atoms with E-state index in [9.17, 15) is 18.0 Å². The molecule has 1 amide bonds. The first kappa shape index (κ1) is 23.5. The number of fused-ring (bicyclic) bond motifs is 1. The average Bonchev–Trinajstić information content (AvgIpc) is 3.38. The van der Waals surface area contributed by atoms with Gasteiger partial charge in [-0.25, -0.2) is 18.4 Å². The molecule has 3 N–H and O–H groups in total. The minimum Gasteiger partial charge on any atom is -0.452 e. The Labute approximate surface area is 199 Å². The van der Waals surface area contributed by atoms with Crippen LogP contribution in [0.15, 0.2) is 53.4 Å². The molecule has 0 saturated carbocycles. The van der Waals surface area contributed by atoms with E-state index in [0.29, 0.717) is 34.5 Å². The third-order valence-corrected chi connectivity index (χ3v) is 6.75. The summed E-state index contributed by atoms with van der Waals surface area (Å²) in [6.07, 6.45) is 0. The molecule has 2 heterocycles. The van der Waals surface area contributed by atoms with Crippen LogP contribution in [0.1, 0.15) is 27.3 Å². The largest absolute Gasteiger partial charge is 0.452 e. The number of primary sulfonamides is 1. The molecule has 176 valence electrons. The lowest BCUT2D eigenvalue weighted by Gasteiger charge is -2.11. The monoisotopic (exact) mass is 499 g/mol. The lowest BCUT2D eigenvalue weighted by Crippen LogP contribution is -2.21. The molecular weight excluding hydrogens is 478 g/mol. The van der Waals surface area contributed by atoms with Crippen molar-refractivity contribution >= 4 is 50.3 Å². The van der Waals surface area contributed by atoms with Crippen molar-refractivity contribution in [3.05, 3.63) is 71.0 Å². The zero-order valence-electron chi connectivity index (χ0n) is 18.3. The summed E-state index contributed by atoms with van der Waals surface area (Å²) in [5, 5.41) is 7.83. The van der Waals surface area contributed by atoms with Gasteiger partial charge in [0, 0.05) is 17.9 Å². The highest BCUT2D eigenvalue weighted by Crippen LogP contribution is 2.22. The molecule has 0 radical (unpaired) electrons. The number of nitrogens with two attached hydrogens (primary N) is 1. The number of esters is 1. The average molecular weight is 500 g/mol. The molecule has 0 bridgehead atoms. The van der Waals surface area contributed by atoms with Crippen LogP contribution in [-0.4, -0.2) is 40.2 Å². The van der Waals surface area contributed by atoms with Gasteiger partial charge >= 0.3 is 5.97 Å². The van der Waals surface area contributed by atoms with Crippen LogP contribution in [0.4, 0.5) is 5.69 Å². The molecule has 0 spiro atoms. The van der Waals surface area contributed by atoms with Crippen molar-refractivity contribution in [1.29, 1.82) is 0 Å². The van der Waals surface area contributed by atoms with Crippen molar-refractivity contribution < 1.29 is 22.7 Å². The zero-order chi connectivity index (χ0) is 24.5. The number of hydrogen-bond donors (Lipinski definition) is 2. The van der Waals surface area contributed by atoms with Crippen LogP contribution in [0.3, 0.4) is 0 Å². The zero-order valence-corrected chi connectivity index (χ0v) is 19.9. The number of nitrogens with one attached hydrogen (secondary N) is 1. The van der Waals surface area contributed by atoms with Crippen molar-refractivity contribution in [2.75, 3.05) is 11.9 Å². The molecule has 34 heavy (non-hydrogen) atoms. The Balaban J connectivity index is 1.41. The summed E-state index contributed by atoms with van der Waals surface area (Å²) in [5.74, 6) is -1.11. The molecule has 4 aromatic rings. The van der Waals surface area contributed by atoms with Gasteiger partial charge in [-0.3, -0.25) is 4.79 Å². The smallest absolute Gasteiger partial charge is 0.340 e. The molecule has 0 fully saturated rings. The fourth-order valence-corrected chi connectivity index (χ4v) is 4.59. The molecule has 10 nitrogen and oxygen atoms in total. The summed E-state index contributed by atoms with van der Waals surface area (Å²) in [6.45, 7) is 3.59. The number of anilines is 1. The number of benzene rings is 2. The normalized spacial score (nSPS) is 11.5. The SMILES string of the molecule is Cc1cc(C(=O)OCC(=O)Nc2cccc3nsnc23)c(C)n1Cc1ccc(S(N)(=O)=O)cc1. The number of aromatic nitrogens is 3. The van der Waals surface area contributed by atoms with Crippen molar-refractivity contribution in [2.45, 2.75) is 25.3 Å². The Hall–Kier alpha value is -3.61. The standard InChI is InChI=1S/C22H21N5O5S2/c1-13-10-17(14(2)27(13)11-15-6-8-16(9-7-15)34(23,30)31)22(29)32-12-20(28)24-18-4-3-5-19-21(18)26-33-25-19/h3-10H,11-12H2,1-2H3,(H,24,28)(H2,23,30,31). The summed E-state index contributed by atoms with van der Waals surface area (Å²) in [5.41, 5.74) is 4.40. The topological polar surface area (TPSA) is 146 Å². The molecule has 0 saturated heterocycles. The van der Waals surface area contributed by atoms with Gasteiger partial charge in [0.05, 0.1) is 27.9 Å². The number of sulfonamides is 1. The maximum absolute atomic E-state index is 12.6. The van der Waals surface area contributed by atoms with E-state index in [-0.39, 0.29) is 4.90 Å². The Bertz CT molecular complexity index is 1490. The van der Waals surface area contributed by atoms with Crippen LogP contribution in [0, 0.1) is 13.8 Å². The number of amides is 1. The summed E-state index contributed by atoms with van der Waals surface area (Å²) >= 11 is 1.05. The molecule has 0 atom stereocenters. The quantitative estimate of drug-likeness (QED) is 0.372. The molecule has 0 unspecified atom stereocenters. The van der Waals surface area contributed by atoms with Gasteiger partial charge in [0.15, 0.2) is 6.61 Å². The predicted molar refractivity (Wildman–Crippen MR) is 127 cm³/mol. The second-order valence-electron chi connectivity index (χ2n) is 7.62. The summed E-state index contributed by atoms with van der Waals surface area (Å²) in [6, 6.07) is 13.1. The van der Waals surface area contributed by atoms with E-state index in [1.54, 1.807) is 43.3 Å². The number of rotatable bonds is 7. The molecule has 2 aromatic heterocycles. The van der Waals surface area contributed by atoms with Crippen LogP contribution in [0.2, 0.25) is 0 Å². The number of aryl methyl sites for hydroxylation is 1. The third-order valence-electron chi connectivity index (χ3n) is 5.28. The first-order chi connectivity index (χ1) is 16.1. The van der Waals surface area contributed by atoms with E-state index < -0.39 is 28.5 Å². The number of carbonyl (C=O) groups excluding carboxylic acids is 2. The second-order valence-corrected chi connectivity index (χ2v) is 9.71. The van der Waals surface area contributed by atoms with Crippen LogP contribution in [-0.2, 0) is 26.1 Å². The second kappa shape index (κ2) is 9.33. The third kappa shape index (κ3) is 4.98. The Morgan fingerprint density at radius 1 is 1.12 bits per heavy atom. The van der Waals surface area contributed by atoms with Crippen LogP contribution < -0.4 is 10.5 Å². The van der Waals surface area contributed by atoms with Gasteiger partial charge in [-0.15, -0.1) is 0 Å². The maximum atomic E-state index is 12.6. The van der Waals surface area contributed by atoms with E-state index >= 15 is 0 Å². The summed E-state index contributed by atoms with van der Waals surface area (Å²) in [7, 11) is -3.76. The minimum absolute atomic E-state index is 0.0296. The molecule has 0 aliphatic rings. The Morgan fingerprint density at radius 3 is 2.56 bits per heavy atom. The van der Waals surface area contributed by atoms with Gasteiger partial charge in [0.25, 0.3) is 5.91 Å². The molecule has 4 rings (SSSR count). The molecule has 12 heteroatoms. The fraction of sp³-hybridized carbons (Fsp3) is 0.182. The van der Waals surface area contributed by atoms with E-state index in [0.717, 1.165) is 23.0 Å². The number of ether oxygens (including phenoxy) is 1. The van der Waals surface area contributed by atoms with Crippen LogP contribution in [0.25, 0.3) is 11.0 Å². The number of hydrogen-bond acceptors (Lipinski definition) is 8. The van der Waals surface area contributed by atoms with Gasteiger partial charge in [0.2, 0.25) is 10.0 Å². The van der Waals surface area contributed by atoms with Crippen molar-refractivity contribution in [2.24, 2.45) is 5.14 Å². The fourth-order valence-electron chi connectivity index (χ4n) is 3.52. The van der Waals surface area contributed by atoms with Crippen LogP contribution >= 0.6 is 11.7 Å². The van der Waals surface area contributed by atoms with Crippen molar-refractivity contribution in [3.63, 3.8) is 0 Å². The van der Waals surface area contributed by atoms with Crippen LogP contribution in [0.5, 0.6) is 0 Å². The van der Waals surface area contributed by atoms with Crippen molar-refractivity contribution in [3.8, 4) is 0 Å². The first-order valence-electron chi connectivity index (χ1n) is 10.1. The highest BCUT2D eigenvalue weighted by atomic mass is 32.2. The highest BCUT2D eigenvalue weighted by Gasteiger charge is 2.19. The van der Waals surface area contributed by atoms with Gasteiger partial charge in [-0.05, 0) is 49.7 Å². The van der Waals surface area contributed by atoms with Gasteiger partial charge in [-0.1, -0.05) is 18.2 Å².